The fraction of sp³-hybridized carbons (Fsp3) is 0.920. The zero-order valence-corrected chi connectivity index (χ0v) is 20.6. The molecule has 0 radical (unpaired) electrons. The lowest BCUT2D eigenvalue weighted by molar-refractivity contribution is -0.159. The number of alkyl halides is 1. The summed E-state index contributed by atoms with van der Waals surface area (Å²) in [6.07, 6.45) is 8.14. The monoisotopic (exact) mass is 482 g/mol. The molecule has 0 aromatic rings. The van der Waals surface area contributed by atoms with E-state index in [0.29, 0.717) is 54.6 Å². The van der Waals surface area contributed by atoms with E-state index in [1.54, 1.807) is 0 Å². The highest BCUT2D eigenvalue weighted by molar-refractivity contribution is 9.09. The lowest BCUT2D eigenvalue weighted by Gasteiger charge is -2.61. The molecule has 170 valence electrons. The van der Waals surface area contributed by atoms with Crippen molar-refractivity contribution >= 4 is 27.7 Å². The maximum Gasteiger partial charge on any atom is 0.305 e. The van der Waals surface area contributed by atoms with Crippen molar-refractivity contribution in [1.82, 2.24) is 0 Å². The third kappa shape index (κ3) is 3.50. The second-order valence-corrected chi connectivity index (χ2v) is 12.6. The van der Waals surface area contributed by atoms with E-state index in [1.165, 1.54) is 32.8 Å². The van der Waals surface area contributed by atoms with Gasteiger partial charge in [-0.25, -0.2) is 0 Å². The lowest BCUT2D eigenvalue weighted by atomic mass is 9.44. The summed E-state index contributed by atoms with van der Waals surface area (Å²) in [5, 5.41) is 10.4. The van der Waals surface area contributed by atoms with E-state index in [9.17, 15) is 14.7 Å². The molecule has 30 heavy (non-hydrogen) atoms. The van der Waals surface area contributed by atoms with Crippen LogP contribution in [-0.4, -0.2) is 34.9 Å². The highest BCUT2D eigenvalue weighted by Crippen LogP contribution is 2.68. The Kier molecular flexibility index (Phi) is 6.20. The van der Waals surface area contributed by atoms with Crippen molar-refractivity contribution in [2.24, 2.45) is 46.3 Å². The van der Waals surface area contributed by atoms with Crippen molar-refractivity contribution in [3.05, 3.63) is 0 Å². The summed E-state index contributed by atoms with van der Waals surface area (Å²) in [6, 6.07) is 0. The molecule has 0 unspecified atom stereocenters. The van der Waals surface area contributed by atoms with Crippen molar-refractivity contribution in [3.63, 3.8) is 0 Å². The van der Waals surface area contributed by atoms with Gasteiger partial charge < -0.3 is 9.84 Å². The van der Waals surface area contributed by atoms with Crippen LogP contribution in [0.25, 0.3) is 0 Å². The Bertz CT molecular complexity index is 695. The van der Waals surface area contributed by atoms with Crippen LogP contribution in [0.15, 0.2) is 0 Å². The molecule has 0 amide bonds. The fourth-order valence-electron chi connectivity index (χ4n) is 8.66. The summed E-state index contributed by atoms with van der Waals surface area (Å²) in [6.45, 7) is 7.15. The maximum atomic E-state index is 13.3. The van der Waals surface area contributed by atoms with Crippen LogP contribution in [0.4, 0.5) is 0 Å². The number of ketones is 1. The molecule has 0 aromatic heterocycles. The van der Waals surface area contributed by atoms with Crippen LogP contribution in [0, 0.1) is 46.3 Å². The third-order valence-corrected chi connectivity index (χ3v) is 11.2. The molecule has 0 spiro atoms. The van der Waals surface area contributed by atoms with E-state index < -0.39 is 6.10 Å². The van der Waals surface area contributed by atoms with Crippen molar-refractivity contribution in [2.75, 3.05) is 7.11 Å². The number of halogens is 1. The number of carbonyl (C=O) groups is 2. The first-order valence-electron chi connectivity index (χ1n) is 12.0. The molecular weight excluding hydrogens is 444 g/mol. The fourth-order valence-corrected chi connectivity index (χ4v) is 9.57. The number of aliphatic hydroxyl groups excluding tert-OH is 1. The Morgan fingerprint density at radius 1 is 1.23 bits per heavy atom. The number of aliphatic hydroxyl groups is 1. The Labute approximate surface area is 190 Å². The quantitative estimate of drug-likeness (QED) is 0.444. The van der Waals surface area contributed by atoms with Crippen molar-refractivity contribution in [3.8, 4) is 0 Å². The highest BCUT2D eigenvalue weighted by atomic mass is 79.9. The molecule has 0 heterocycles. The molecule has 0 aliphatic heterocycles. The minimum atomic E-state index is -0.399. The van der Waals surface area contributed by atoms with Crippen LogP contribution >= 0.6 is 15.9 Å². The number of hydrogen-bond acceptors (Lipinski definition) is 4. The first kappa shape index (κ1) is 22.8. The Hall–Kier alpha value is -0.420. The number of hydrogen-bond donors (Lipinski definition) is 1. The summed E-state index contributed by atoms with van der Waals surface area (Å²) in [7, 11) is 1.47. The predicted octanol–water partition coefficient (Wildman–Crippen LogP) is 5.15. The van der Waals surface area contributed by atoms with Gasteiger partial charge in [0.1, 0.15) is 5.78 Å². The van der Waals surface area contributed by atoms with E-state index in [2.05, 4.69) is 36.7 Å². The summed E-state index contributed by atoms with van der Waals surface area (Å²) in [5.74, 6) is 3.17. The third-order valence-electron chi connectivity index (χ3n) is 10.2. The highest BCUT2D eigenvalue weighted by Gasteiger charge is 2.63. The van der Waals surface area contributed by atoms with Gasteiger partial charge in [0.15, 0.2) is 0 Å². The van der Waals surface area contributed by atoms with Crippen LogP contribution in [0.3, 0.4) is 0 Å². The number of ether oxygens (including phenoxy) is 1. The van der Waals surface area contributed by atoms with Crippen LogP contribution in [0.2, 0.25) is 0 Å². The molecule has 1 N–H and O–H groups in total. The molecule has 4 aliphatic carbocycles. The zero-order valence-electron chi connectivity index (χ0n) is 19.0. The zero-order chi connectivity index (χ0) is 21.8. The largest absolute Gasteiger partial charge is 0.469 e. The average Bonchev–Trinajstić information content (AvgIpc) is 3.05. The molecule has 0 bridgehead atoms. The summed E-state index contributed by atoms with van der Waals surface area (Å²) >= 11 is 3.72. The smallest absolute Gasteiger partial charge is 0.305 e. The van der Waals surface area contributed by atoms with E-state index >= 15 is 0 Å². The number of methoxy groups -OCH3 is 1. The van der Waals surface area contributed by atoms with E-state index in [-0.39, 0.29) is 27.5 Å². The van der Waals surface area contributed by atoms with Crippen LogP contribution in [-0.2, 0) is 14.3 Å². The molecule has 0 saturated heterocycles. The number of fused-ring (bicyclic) bond motifs is 5. The second-order valence-electron chi connectivity index (χ2n) is 11.4. The molecule has 10 atom stereocenters. The molecule has 0 aromatic carbocycles. The Morgan fingerprint density at radius 3 is 2.63 bits per heavy atom. The van der Waals surface area contributed by atoms with Gasteiger partial charge in [-0.1, -0.05) is 36.7 Å². The molecule has 4 saturated carbocycles. The van der Waals surface area contributed by atoms with Gasteiger partial charge in [-0.15, -0.1) is 0 Å². The second kappa shape index (κ2) is 8.17. The molecular formula is C25H39BrO4. The standard InChI is InChI=1S/C25H39BrO4/c1-14(5-8-23(29)30-4)16-6-7-17-15-11-21(27)19-12-22(28)20(26)13-25(19,3)18(15)9-10-24(16,17)2/h14-20,22,28H,5-13H2,1-4H3/t14-,15+,16-,17+,18+,19-,20+,22+,24-,25-/m1/s1. The topological polar surface area (TPSA) is 63.6 Å². The van der Waals surface area contributed by atoms with Crippen LogP contribution < -0.4 is 0 Å². The van der Waals surface area contributed by atoms with E-state index in [1.807, 2.05) is 0 Å². The van der Waals surface area contributed by atoms with Crippen molar-refractivity contribution in [2.45, 2.75) is 89.5 Å². The first-order chi connectivity index (χ1) is 14.1. The summed E-state index contributed by atoms with van der Waals surface area (Å²) < 4.78 is 4.86. The Morgan fingerprint density at radius 2 is 1.93 bits per heavy atom. The maximum absolute atomic E-state index is 13.3. The van der Waals surface area contributed by atoms with Gasteiger partial charge in [0.25, 0.3) is 0 Å². The predicted molar refractivity (Wildman–Crippen MR) is 120 cm³/mol. The molecule has 5 heteroatoms. The van der Waals surface area contributed by atoms with Crippen molar-refractivity contribution in [1.29, 1.82) is 0 Å². The van der Waals surface area contributed by atoms with E-state index in [4.69, 9.17) is 4.74 Å². The van der Waals surface area contributed by atoms with Gasteiger partial charge in [-0.3, -0.25) is 9.59 Å². The summed E-state index contributed by atoms with van der Waals surface area (Å²) in [5.41, 5.74) is 0.297. The van der Waals surface area contributed by atoms with Gasteiger partial charge in [0, 0.05) is 23.6 Å². The van der Waals surface area contributed by atoms with Gasteiger partial charge in [0.2, 0.25) is 0 Å². The van der Waals surface area contributed by atoms with E-state index in [0.717, 1.165) is 12.8 Å². The van der Waals surface area contributed by atoms with Crippen molar-refractivity contribution < 1.29 is 19.4 Å². The van der Waals surface area contributed by atoms with Gasteiger partial charge >= 0.3 is 5.97 Å². The molecule has 4 rings (SSSR count). The van der Waals surface area contributed by atoms with Gasteiger partial charge in [-0.05, 0) is 85.4 Å². The van der Waals surface area contributed by atoms with Crippen LogP contribution in [0.1, 0.15) is 78.6 Å². The Balaban J connectivity index is 1.54. The van der Waals surface area contributed by atoms with Crippen LogP contribution in [0.5, 0.6) is 0 Å². The normalized spacial score (nSPS) is 49.0. The number of carbonyl (C=O) groups excluding carboxylic acids is 2. The molecule has 4 aliphatic rings. The van der Waals surface area contributed by atoms with Gasteiger partial charge in [-0.2, -0.15) is 0 Å². The number of esters is 1. The molecule has 4 nitrogen and oxygen atoms in total. The number of rotatable bonds is 4. The lowest BCUT2D eigenvalue weighted by Crippen LogP contribution is -2.58. The number of Topliss-reactive ketones (excluding diaryl/α,β-unsaturated/α-hetero) is 1. The molecule has 4 fully saturated rings. The van der Waals surface area contributed by atoms with Gasteiger partial charge in [0.05, 0.1) is 13.2 Å². The summed E-state index contributed by atoms with van der Waals surface area (Å²) in [4.78, 5) is 25.0. The minimum Gasteiger partial charge on any atom is -0.469 e. The first-order valence-corrected chi connectivity index (χ1v) is 12.9. The SMILES string of the molecule is COC(=O)CC[C@@H](C)[C@H]1CC[C@H]2[C@@H]3CC(=O)[C@H]4C[C@H](O)[C@@H](Br)C[C@]4(C)[C@H]3CC[C@]12C. The average molecular weight is 483 g/mol. The minimum absolute atomic E-state index is 0.0172.